The highest BCUT2D eigenvalue weighted by Gasteiger charge is 2.48. The molecule has 35 heavy (non-hydrogen) atoms. The lowest BCUT2D eigenvalue weighted by Gasteiger charge is -2.25. The maximum absolute atomic E-state index is 13.3. The summed E-state index contributed by atoms with van der Waals surface area (Å²) in [5, 5.41) is 14.8. The molecule has 0 bridgehead atoms. The molecule has 1 unspecified atom stereocenters. The van der Waals surface area contributed by atoms with Crippen molar-refractivity contribution in [2.24, 2.45) is 0 Å². The van der Waals surface area contributed by atoms with Gasteiger partial charge >= 0.3 is 6.18 Å². The van der Waals surface area contributed by atoms with Crippen LogP contribution in [0.2, 0.25) is 0 Å². The molecular formula is C27H18F3NO3S. The Bertz CT molecular complexity index is 1500. The Labute approximate surface area is 202 Å². The van der Waals surface area contributed by atoms with Gasteiger partial charge in [0.1, 0.15) is 11.8 Å². The van der Waals surface area contributed by atoms with E-state index in [0.717, 1.165) is 28.0 Å². The van der Waals surface area contributed by atoms with Crippen LogP contribution < -0.4 is 4.90 Å². The number of Topliss-reactive ketones (excluding diaryl/α,β-unsaturated/α-hetero) is 1. The van der Waals surface area contributed by atoms with Gasteiger partial charge in [-0.2, -0.15) is 13.2 Å². The number of hydrogen-bond acceptors (Lipinski definition) is 4. The van der Waals surface area contributed by atoms with E-state index in [1.807, 2.05) is 37.3 Å². The van der Waals surface area contributed by atoms with Gasteiger partial charge in [0.15, 0.2) is 0 Å². The Kier molecular flexibility index (Phi) is 5.48. The number of alkyl halides is 3. The van der Waals surface area contributed by atoms with E-state index in [2.05, 4.69) is 0 Å². The summed E-state index contributed by atoms with van der Waals surface area (Å²) in [5.74, 6) is -2.13. The molecule has 0 saturated carbocycles. The van der Waals surface area contributed by atoms with Gasteiger partial charge in [-0.15, -0.1) is 11.3 Å². The number of nitrogens with zero attached hydrogens (tertiary/aromatic N) is 1. The molecule has 1 fully saturated rings. The smallest absolute Gasteiger partial charge is 0.416 e. The summed E-state index contributed by atoms with van der Waals surface area (Å²) in [4.78, 5) is 28.3. The summed E-state index contributed by atoms with van der Waals surface area (Å²) in [5.41, 5.74) is 0.361. The summed E-state index contributed by atoms with van der Waals surface area (Å²) < 4.78 is 39.3. The van der Waals surface area contributed by atoms with Crippen LogP contribution in [-0.2, 0) is 15.8 Å². The summed E-state index contributed by atoms with van der Waals surface area (Å²) in [7, 11) is 0. The molecule has 8 heteroatoms. The molecule has 176 valence electrons. The number of carbonyl (C=O) groups excluding carboxylic acids is 2. The fraction of sp³-hybridized carbons (Fsp3) is 0.111. The molecule has 1 saturated heterocycles. The number of rotatable bonds is 3. The first kappa shape index (κ1) is 22.9. The van der Waals surface area contributed by atoms with E-state index in [1.54, 1.807) is 23.6 Å². The van der Waals surface area contributed by atoms with Crippen LogP contribution >= 0.6 is 11.3 Å². The maximum Gasteiger partial charge on any atom is 0.416 e. The standard InChI is InChI=1S/C27H18F3NO3S/c1-15-13-14-35-25(15)22-21(23(32)20-8-4-6-16-5-2-3-7-19(16)20)24(33)26(34)31(22)18-11-9-17(10-12-18)27(28,29)30/h2-14,22,32H,1H3/b23-21+. The van der Waals surface area contributed by atoms with Crippen LogP contribution in [0.3, 0.4) is 0 Å². The second-order valence-corrected chi connectivity index (χ2v) is 9.16. The molecule has 0 spiro atoms. The van der Waals surface area contributed by atoms with Crippen LogP contribution in [0.4, 0.5) is 18.9 Å². The van der Waals surface area contributed by atoms with Gasteiger partial charge in [-0.3, -0.25) is 14.5 Å². The minimum absolute atomic E-state index is 0.100. The molecule has 1 N–H and O–H groups in total. The average Bonchev–Trinajstić information content (AvgIpc) is 3.38. The zero-order chi connectivity index (χ0) is 24.9. The van der Waals surface area contributed by atoms with Crippen molar-refractivity contribution >= 4 is 45.2 Å². The van der Waals surface area contributed by atoms with Crippen molar-refractivity contribution in [1.29, 1.82) is 0 Å². The molecule has 1 amide bonds. The number of benzene rings is 3. The lowest BCUT2D eigenvalue weighted by Crippen LogP contribution is -2.29. The predicted molar refractivity (Wildman–Crippen MR) is 129 cm³/mol. The van der Waals surface area contributed by atoms with Crippen molar-refractivity contribution in [2.45, 2.75) is 19.1 Å². The SMILES string of the molecule is Cc1ccsc1C1/C(=C(\O)c2cccc3ccccc23)C(=O)C(=O)N1c1ccc(C(F)(F)F)cc1. The number of fused-ring (bicyclic) bond motifs is 1. The van der Waals surface area contributed by atoms with E-state index in [9.17, 15) is 27.9 Å². The third-order valence-corrected chi connectivity index (χ3v) is 7.18. The zero-order valence-electron chi connectivity index (χ0n) is 18.3. The Morgan fingerprint density at radius 2 is 1.63 bits per heavy atom. The van der Waals surface area contributed by atoms with Gasteiger partial charge in [0.2, 0.25) is 0 Å². The first-order valence-electron chi connectivity index (χ1n) is 10.7. The largest absolute Gasteiger partial charge is 0.507 e. The summed E-state index contributed by atoms with van der Waals surface area (Å²) in [6.45, 7) is 1.82. The molecule has 1 atom stereocenters. The number of carbonyl (C=O) groups is 2. The van der Waals surface area contributed by atoms with Crippen molar-refractivity contribution in [3.8, 4) is 0 Å². The number of aliphatic hydroxyl groups is 1. The lowest BCUT2D eigenvalue weighted by molar-refractivity contribution is -0.137. The normalized spacial score (nSPS) is 17.9. The van der Waals surface area contributed by atoms with Gasteiger partial charge in [0, 0.05) is 16.1 Å². The number of aryl methyl sites for hydroxylation is 1. The number of halogens is 3. The summed E-state index contributed by atoms with van der Waals surface area (Å²) >= 11 is 1.31. The summed E-state index contributed by atoms with van der Waals surface area (Å²) in [6, 6.07) is 17.5. The highest BCUT2D eigenvalue weighted by atomic mass is 32.1. The Morgan fingerprint density at radius 1 is 0.943 bits per heavy atom. The van der Waals surface area contributed by atoms with Crippen molar-refractivity contribution in [3.63, 3.8) is 0 Å². The van der Waals surface area contributed by atoms with E-state index >= 15 is 0 Å². The van der Waals surface area contributed by atoms with Gasteiger partial charge < -0.3 is 5.11 Å². The molecule has 4 nitrogen and oxygen atoms in total. The highest BCUT2D eigenvalue weighted by Crippen LogP contribution is 2.45. The highest BCUT2D eigenvalue weighted by molar-refractivity contribution is 7.10. The molecular weight excluding hydrogens is 475 g/mol. The number of thiophene rings is 1. The third kappa shape index (κ3) is 3.80. The van der Waals surface area contributed by atoms with Crippen LogP contribution in [0.1, 0.15) is 27.6 Å². The van der Waals surface area contributed by atoms with Gasteiger partial charge in [-0.05, 0) is 59.0 Å². The number of anilines is 1. The van der Waals surface area contributed by atoms with E-state index in [4.69, 9.17) is 0 Å². The predicted octanol–water partition coefficient (Wildman–Crippen LogP) is 6.85. The van der Waals surface area contributed by atoms with Crippen molar-refractivity contribution in [1.82, 2.24) is 0 Å². The summed E-state index contributed by atoms with van der Waals surface area (Å²) in [6.07, 6.45) is -4.54. The Morgan fingerprint density at radius 3 is 2.29 bits per heavy atom. The van der Waals surface area contributed by atoms with E-state index in [-0.39, 0.29) is 17.0 Å². The first-order valence-corrected chi connectivity index (χ1v) is 11.6. The number of amides is 1. The molecule has 2 heterocycles. The van der Waals surface area contributed by atoms with Crippen LogP contribution in [0.15, 0.2) is 83.7 Å². The Hall–Kier alpha value is -3.91. The quantitative estimate of drug-likeness (QED) is 0.193. The molecule has 1 aliphatic heterocycles. The van der Waals surface area contributed by atoms with Crippen molar-refractivity contribution in [2.75, 3.05) is 4.90 Å². The van der Waals surface area contributed by atoms with E-state index in [1.165, 1.54) is 23.5 Å². The lowest BCUT2D eigenvalue weighted by atomic mass is 9.95. The van der Waals surface area contributed by atoms with Crippen molar-refractivity contribution in [3.05, 3.63) is 105 Å². The molecule has 1 aromatic heterocycles. The number of ketones is 1. The second kappa shape index (κ2) is 8.39. The molecule has 0 aliphatic carbocycles. The molecule has 4 aromatic rings. The number of aliphatic hydroxyl groups excluding tert-OH is 1. The maximum atomic E-state index is 13.3. The molecule has 3 aromatic carbocycles. The molecule has 5 rings (SSSR count). The fourth-order valence-corrected chi connectivity index (χ4v) is 5.42. The van der Waals surface area contributed by atoms with E-state index in [0.29, 0.717) is 15.8 Å². The van der Waals surface area contributed by atoms with Gasteiger partial charge in [-0.1, -0.05) is 42.5 Å². The third-order valence-electron chi connectivity index (χ3n) is 6.11. The number of hydrogen-bond donors (Lipinski definition) is 1. The van der Waals surface area contributed by atoms with Crippen LogP contribution in [0, 0.1) is 6.92 Å². The second-order valence-electron chi connectivity index (χ2n) is 8.21. The minimum atomic E-state index is -4.54. The van der Waals surface area contributed by atoms with Gasteiger partial charge in [0.05, 0.1) is 11.1 Å². The topological polar surface area (TPSA) is 57.6 Å². The van der Waals surface area contributed by atoms with Crippen LogP contribution in [0.25, 0.3) is 16.5 Å². The Balaban J connectivity index is 1.73. The van der Waals surface area contributed by atoms with Crippen LogP contribution in [0.5, 0.6) is 0 Å². The monoisotopic (exact) mass is 493 g/mol. The first-order chi connectivity index (χ1) is 16.7. The van der Waals surface area contributed by atoms with E-state index < -0.39 is 29.5 Å². The van der Waals surface area contributed by atoms with Gasteiger partial charge in [-0.25, -0.2) is 0 Å². The van der Waals surface area contributed by atoms with Gasteiger partial charge in [0.25, 0.3) is 11.7 Å². The fourth-order valence-electron chi connectivity index (χ4n) is 4.40. The minimum Gasteiger partial charge on any atom is -0.507 e. The zero-order valence-corrected chi connectivity index (χ0v) is 19.2. The van der Waals surface area contributed by atoms with Crippen molar-refractivity contribution < 1.29 is 27.9 Å². The van der Waals surface area contributed by atoms with Crippen LogP contribution in [-0.4, -0.2) is 16.8 Å². The molecule has 0 radical (unpaired) electrons. The molecule has 1 aliphatic rings. The average molecular weight is 494 g/mol.